The van der Waals surface area contributed by atoms with Gasteiger partial charge in [-0.2, -0.15) is 5.10 Å². The van der Waals surface area contributed by atoms with Crippen molar-refractivity contribution >= 4 is 11.5 Å². The molecule has 16 heavy (non-hydrogen) atoms. The Kier molecular flexibility index (Phi) is 3.36. The maximum absolute atomic E-state index is 4.51. The Balaban J connectivity index is 2.07. The largest absolute Gasteiger partial charge is 0.358 e. The van der Waals surface area contributed by atoms with Gasteiger partial charge in [-0.05, 0) is 12.6 Å². The number of hydrogen-bond acceptors (Lipinski definition) is 4. The van der Waals surface area contributed by atoms with Crippen LogP contribution >= 0.6 is 0 Å². The minimum atomic E-state index is 0.882. The first-order valence-corrected chi connectivity index (χ1v) is 5.53. The summed E-state index contributed by atoms with van der Waals surface area (Å²) in [5, 5.41) is 7.41. The molecule has 86 valence electrons. The van der Waals surface area contributed by atoms with Crippen LogP contribution in [0.1, 0.15) is 6.92 Å². The minimum absolute atomic E-state index is 0.882. The number of rotatable bonds is 5. The lowest BCUT2D eigenvalue weighted by molar-refractivity contribution is 0.702. The van der Waals surface area contributed by atoms with Crippen molar-refractivity contribution in [3.05, 3.63) is 24.5 Å². The maximum atomic E-state index is 4.51. The van der Waals surface area contributed by atoms with Crippen LogP contribution in [0, 0.1) is 0 Å². The number of hydrogen-bond donors (Lipinski definition) is 1. The molecule has 0 atom stereocenters. The van der Waals surface area contributed by atoms with Gasteiger partial charge in [0.05, 0.1) is 6.20 Å². The Morgan fingerprint density at radius 2 is 2.31 bits per heavy atom. The molecular formula is C11H17N5. The molecular weight excluding hydrogens is 202 g/mol. The van der Waals surface area contributed by atoms with Crippen molar-refractivity contribution in [3.8, 4) is 0 Å². The van der Waals surface area contributed by atoms with Crippen LogP contribution in [0.2, 0.25) is 0 Å². The van der Waals surface area contributed by atoms with Gasteiger partial charge in [-0.3, -0.25) is 0 Å². The van der Waals surface area contributed by atoms with E-state index in [1.165, 1.54) is 0 Å². The summed E-state index contributed by atoms with van der Waals surface area (Å²) < 4.78 is 1.77. The van der Waals surface area contributed by atoms with E-state index in [0.717, 1.165) is 31.1 Å². The molecule has 0 aliphatic heterocycles. The number of nitrogens with zero attached hydrogens (tertiary/aromatic N) is 4. The highest BCUT2D eigenvalue weighted by atomic mass is 15.3. The van der Waals surface area contributed by atoms with Crippen LogP contribution < -0.4 is 10.2 Å². The smallest absolute Gasteiger partial charge is 0.157 e. The molecule has 0 unspecified atom stereocenters. The number of anilines is 1. The molecule has 2 aromatic heterocycles. The summed E-state index contributed by atoms with van der Waals surface area (Å²) in [7, 11) is 2.05. The van der Waals surface area contributed by atoms with E-state index in [4.69, 9.17) is 0 Å². The van der Waals surface area contributed by atoms with Crippen LogP contribution in [0.4, 0.5) is 5.82 Å². The Morgan fingerprint density at radius 3 is 3.12 bits per heavy atom. The molecule has 0 aliphatic carbocycles. The van der Waals surface area contributed by atoms with E-state index in [1.54, 1.807) is 10.7 Å². The predicted molar refractivity (Wildman–Crippen MR) is 64.8 cm³/mol. The van der Waals surface area contributed by atoms with Crippen molar-refractivity contribution < 1.29 is 0 Å². The maximum Gasteiger partial charge on any atom is 0.157 e. The summed E-state index contributed by atoms with van der Waals surface area (Å²) in [5.41, 5.74) is 0.882. The third-order valence-corrected chi connectivity index (χ3v) is 2.51. The van der Waals surface area contributed by atoms with E-state index in [1.807, 2.05) is 25.4 Å². The molecule has 0 saturated carbocycles. The summed E-state index contributed by atoms with van der Waals surface area (Å²) >= 11 is 0. The molecule has 0 aliphatic rings. The van der Waals surface area contributed by atoms with E-state index >= 15 is 0 Å². The SMILES string of the molecule is CCNCCN(C)c1ccn2nccc2n1. The quantitative estimate of drug-likeness (QED) is 0.755. The fourth-order valence-electron chi connectivity index (χ4n) is 1.55. The van der Waals surface area contributed by atoms with Crippen LogP contribution in [0.5, 0.6) is 0 Å². The van der Waals surface area contributed by atoms with Gasteiger partial charge in [-0.15, -0.1) is 0 Å². The Bertz CT molecular complexity index is 450. The Labute approximate surface area is 95.1 Å². The fourth-order valence-corrected chi connectivity index (χ4v) is 1.55. The van der Waals surface area contributed by atoms with E-state index in [9.17, 15) is 0 Å². The van der Waals surface area contributed by atoms with Crippen LogP contribution in [0.3, 0.4) is 0 Å². The Hall–Kier alpha value is -1.62. The summed E-state index contributed by atoms with van der Waals surface area (Å²) in [6.45, 7) is 5.03. The fraction of sp³-hybridized carbons (Fsp3) is 0.455. The van der Waals surface area contributed by atoms with Gasteiger partial charge in [0, 0.05) is 32.4 Å². The minimum Gasteiger partial charge on any atom is -0.358 e. The first-order chi connectivity index (χ1) is 7.81. The van der Waals surface area contributed by atoms with E-state index in [0.29, 0.717) is 0 Å². The average Bonchev–Trinajstić information content (AvgIpc) is 2.76. The number of likely N-dealkylation sites (N-methyl/N-ethyl adjacent to an activating group) is 2. The molecule has 2 heterocycles. The summed E-state index contributed by atoms with van der Waals surface area (Å²) in [5.74, 6) is 0.978. The van der Waals surface area contributed by atoms with Gasteiger partial charge >= 0.3 is 0 Å². The standard InChI is InChI=1S/C11H17N5/c1-3-12-7-9-15(2)10-5-8-16-11(14-10)4-6-13-16/h4-6,8,12H,3,7,9H2,1-2H3. The van der Waals surface area contributed by atoms with Crippen LogP contribution in [0.15, 0.2) is 24.5 Å². The average molecular weight is 219 g/mol. The van der Waals surface area contributed by atoms with Crippen LogP contribution in [-0.2, 0) is 0 Å². The van der Waals surface area contributed by atoms with Crippen molar-refractivity contribution in [3.63, 3.8) is 0 Å². The van der Waals surface area contributed by atoms with Crippen molar-refractivity contribution in [1.29, 1.82) is 0 Å². The first kappa shape index (κ1) is 10.9. The Morgan fingerprint density at radius 1 is 1.44 bits per heavy atom. The second-order valence-corrected chi connectivity index (χ2v) is 3.69. The van der Waals surface area contributed by atoms with E-state index in [2.05, 4.69) is 27.2 Å². The second-order valence-electron chi connectivity index (χ2n) is 3.69. The highest BCUT2D eigenvalue weighted by molar-refractivity contribution is 5.46. The highest BCUT2D eigenvalue weighted by Gasteiger charge is 2.03. The zero-order chi connectivity index (χ0) is 11.4. The molecule has 5 heteroatoms. The molecule has 2 aromatic rings. The monoisotopic (exact) mass is 219 g/mol. The molecule has 0 saturated heterocycles. The van der Waals surface area contributed by atoms with Crippen molar-refractivity contribution in [2.75, 3.05) is 31.6 Å². The molecule has 0 fully saturated rings. The lowest BCUT2D eigenvalue weighted by atomic mass is 10.4. The normalized spacial score (nSPS) is 10.9. The molecule has 2 rings (SSSR count). The van der Waals surface area contributed by atoms with Crippen LogP contribution in [-0.4, -0.2) is 41.3 Å². The first-order valence-electron chi connectivity index (χ1n) is 5.53. The second kappa shape index (κ2) is 4.94. The molecule has 0 bridgehead atoms. The molecule has 1 N–H and O–H groups in total. The van der Waals surface area contributed by atoms with Gasteiger partial charge in [-0.1, -0.05) is 6.92 Å². The van der Waals surface area contributed by atoms with Crippen molar-refractivity contribution in [2.45, 2.75) is 6.92 Å². The van der Waals surface area contributed by atoms with E-state index in [-0.39, 0.29) is 0 Å². The lowest BCUT2D eigenvalue weighted by Crippen LogP contribution is -2.29. The van der Waals surface area contributed by atoms with Gasteiger partial charge in [0.1, 0.15) is 5.82 Å². The summed E-state index contributed by atoms with van der Waals surface area (Å²) in [6.07, 6.45) is 3.69. The lowest BCUT2D eigenvalue weighted by Gasteiger charge is -2.18. The third kappa shape index (κ3) is 2.30. The van der Waals surface area contributed by atoms with Gasteiger partial charge in [0.15, 0.2) is 5.65 Å². The zero-order valence-electron chi connectivity index (χ0n) is 9.72. The van der Waals surface area contributed by atoms with Crippen molar-refractivity contribution in [1.82, 2.24) is 19.9 Å². The highest BCUT2D eigenvalue weighted by Crippen LogP contribution is 2.09. The summed E-state index contributed by atoms with van der Waals surface area (Å²) in [4.78, 5) is 6.65. The summed E-state index contributed by atoms with van der Waals surface area (Å²) in [6, 6.07) is 3.88. The number of nitrogens with one attached hydrogen (secondary N) is 1. The van der Waals surface area contributed by atoms with Crippen LogP contribution in [0.25, 0.3) is 5.65 Å². The van der Waals surface area contributed by atoms with Gasteiger partial charge < -0.3 is 10.2 Å². The topological polar surface area (TPSA) is 45.5 Å². The van der Waals surface area contributed by atoms with Crippen molar-refractivity contribution in [2.24, 2.45) is 0 Å². The molecule has 5 nitrogen and oxygen atoms in total. The molecule has 0 amide bonds. The predicted octanol–water partition coefficient (Wildman–Crippen LogP) is 0.775. The van der Waals surface area contributed by atoms with E-state index < -0.39 is 0 Å². The molecule has 0 aromatic carbocycles. The number of aromatic nitrogens is 3. The van der Waals surface area contributed by atoms with Gasteiger partial charge in [0.25, 0.3) is 0 Å². The van der Waals surface area contributed by atoms with Gasteiger partial charge in [-0.25, -0.2) is 9.50 Å². The third-order valence-electron chi connectivity index (χ3n) is 2.51. The molecule has 0 radical (unpaired) electrons. The number of fused-ring (bicyclic) bond motifs is 1. The molecule has 0 spiro atoms. The zero-order valence-corrected chi connectivity index (χ0v) is 9.72. The van der Waals surface area contributed by atoms with Gasteiger partial charge in [0.2, 0.25) is 0 Å².